The Balaban J connectivity index is 1.45. The highest BCUT2D eigenvalue weighted by Crippen LogP contribution is 2.42. The van der Waals surface area contributed by atoms with Gasteiger partial charge in [0.25, 0.3) is 0 Å². The summed E-state index contributed by atoms with van der Waals surface area (Å²) in [6.07, 6.45) is 4.35. The first kappa shape index (κ1) is 16.6. The highest BCUT2D eigenvalue weighted by molar-refractivity contribution is 7.98. The van der Waals surface area contributed by atoms with Gasteiger partial charge in [0, 0.05) is 34.6 Å². The predicted octanol–water partition coefficient (Wildman–Crippen LogP) is 4.56. The molecule has 7 nitrogen and oxygen atoms in total. The number of hydrogen-bond donors (Lipinski definition) is 1. The Morgan fingerprint density at radius 3 is 2.89 bits per heavy atom. The maximum absolute atomic E-state index is 5.36. The molecule has 8 heteroatoms. The van der Waals surface area contributed by atoms with Crippen LogP contribution in [0.1, 0.15) is 50.4 Å². The summed E-state index contributed by atoms with van der Waals surface area (Å²) in [6, 6.07) is 8.75. The van der Waals surface area contributed by atoms with Crippen LogP contribution in [-0.4, -0.2) is 29.9 Å². The number of para-hydroxylation sites is 1. The minimum absolute atomic E-state index is 0.260. The van der Waals surface area contributed by atoms with E-state index in [2.05, 4.69) is 61.9 Å². The third kappa shape index (κ3) is 3.03. The van der Waals surface area contributed by atoms with E-state index in [1.807, 2.05) is 12.3 Å². The van der Waals surface area contributed by atoms with Crippen LogP contribution in [0.3, 0.4) is 0 Å². The lowest BCUT2D eigenvalue weighted by molar-refractivity contribution is 0.382. The molecule has 1 aliphatic rings. The van der Waals surface area contributed by atoms with Gasteiger partial charge in [-0.25, -0.2) is 0 Å². The fourth-order valence-corrected chi connectivity index (χ4v) is 4.01. The quantitative estimate of drug-likeness (QED) is 0.494. The van der Waals surface area contributed by atoms with Crippen molar-refractivity contribution >= 4 is 22.7 Å². The minimum atomic E-state index is 0.260. The van der Waals surface area contributed by atoms with Crippen LogP contribution < -0.4 is 0 Å². The molecule has 5 rings (SSSR count). The van der Waals surface area contributed by atoms with Gasteiger partial charge in [0.05, 0.1) is 5.75 Å². The summed E-state index contributed by atoms with van der Waals surface area (Å²) < 4.78 is 7.62. The van der Waals surface area contributed by atoms with E-state index >= 15 is 0 Å². The van der Waals surface area contributed by atoms with Crippen LogP contribution in [0.25, 0.3) is 22.3 Å². The third-order valence-corrected chi connectivity index (χ3v) is 5.66. The van der Waals surface area contributed by atoms with Crippen LogP contribution in [0, 0.1) is 0 Å². The van der Waals surface area contributed by atoms with Crippen molar-refractivity contribution in [2.45, 2.75) is 49.6 Å². The number of hydrogen-bond acceptors (Lipinski definition) is 6. The Bertz CT molecular complexity index is 1090. The van der Waals surface area contributed by atoms with E-state index < -0.39 is 0 Å². The zero-order chi connectivity index (χ0) is 18.4. The number of fused-ring (bicyclic) bond motifs is 1. The maximum Gasteiger partial charge on any atom is 0.237 e. The number of rotatable bonds is 6. The van der Waals surface area contributed by atoms with Gasteiger partial charge in [-0.1, -0.05) is 49.0 Å². The monoisotopic (exact) mass is 380 g/mol. The largest absolute Gasteiger partial charge is 0.360 e. The van der Waals surface area contributed by atoms with Gasteiger partial charge < -0.3 is 9.51 Å². The number of aromatic nitrogens is 6. The van der Waals surface area contributed by atoms with Crippen molar-refractivity contribution in [2.24, 2.45) is 0 Å². The molecule has 0 spiro atoms. The van der Waals surface area contributed by atoms with Crippen molar-refractivity contribution in [1.29, 1.82) is 0 Å². The molecule has 1 aromatic carbocycles. The second-order valence-electron chi connectivity index (χ2n) is 7.14. The van der Waals surface area contributed by atoms with Crippen molar-refractivity contribution in [2.75, 3.05) is 0 Å². The molecule has 1 aliphatic carbocycles. The zero-order valence-electron chi connectivity index (χ0n) is 15.2. The normalized spacial score (nSPS) is 14.5. The summed E-state index contributed by atoms with van der Waals surface area (Å²) in [5.74, 6) is 3.15. The van der Waals surface area contributed by atoms with Crippen molar-refractivity contribution in [1.82, 2.24) is 29.9 Å². The van der Waals surface area contributed by atoms with Gasteiger partial charge in [-0.05, 0) is 18.9 Å². The van der Waals surface area contributed by atoms with Crippen LogP contribution in [0.15, 0.2) is 40.1 Å². The van der Waals surface area contributed by atoms with Gasteiger partial charge in [0.15, 0.2) is 16.8 Å². The Morgan fingerprint density at radius 2 is 2.11 bits per heavy atom. The summed E-state index contributed by atoms with van der Waals surface area (Å²) in [5.41, 5.74) is 2.20. The lowest BCUT2D eigenvalue weighted by Gasteiger charge is -2.07. The molecule has 0 amide bonds. The fourth-order valence-electron chi connectivity index (χ4n) is 3.16. The number of thioether (sulfide) groups is 1. The standard InChI is InChI=1S/C19H20N6OS/c1-11(2)17-21-16(26-24-17)10-27-19-23-22-18(25(19)12-7-8-12)14-9-20-15-6-4-3-5-13(14)15/h3-6,9,11-12,20H,7-8,10H2,1-2H3. The van der Waals surface area contributed by atoms with E-state index in [1.165, 1.54) is 18.2 Å². The highest BCUT2D eigenvalue weighted by Gasteiger charge is 2.31. The first-order chi connectivity index (χ1) is 13.2. The van der Waals surface area contributed by atoms with E-state index in [0.29, 0.717) is 17.7 Å². The molecule has 0 radical (unpaired) electrons. The molecule has 0 atom stereocenters. The number of H-pyrrole nitrogens is 1. The van der Waals surface area contributed by atoms with Crippen LogP contribution >= 0.6 is 11.8 Å². The molecule has 0 bridgehead atoms. The number of nitrogens with zero attached hydrogens (tertiary/aromatic N) is 5. The summed E-state index contributed by atoms with van der Waals surface area (Å²) in [4.78, 5) is 7.78. The van der Waals surface area contributed by atoms with Crippen molar-refractivity contribution in [3.8, 4) is 11.4 Å². The van der Waals surface area contributed by atoms with E-state index in [9.17, 15) is 0 Å². The summed E-state index contributed by atoms with van der Waals surface area (Å²) >= 11 is 1.60. The lowest BCUT2D eigenvalue weighted by Crippen LogP contribution is -1.99. The van der Waals surface area contributed by atoms with Gasteiger partial charge in [-0.15, -0.1) is 10.2 Å². The summed E-state index contributed by atoms with van der Waals surface area (Å²) in [5, 5.41) is 15.1. The van der Waals surface area contributed by atoms with Crippen molar-refractivity contribution in [3.63, 3.8) is 0 Å². The SMILES string of the molecule is CC(C)c1noc(CSc2nnc(-c3c[nH]c4ccccc34)n2C2CC2)n1. The average molecular weight is 380 g/mol. The summed E-state index contributed by atoms with van der Waals surface area (Å²) in [7, 11) is 0. The maximum atomic E-state index is 5.36. The molecule has 138 valence electrons. The van der Waals surface area contributed by atoms with Crippen LogP contribution in [0.4, 0.5) is 0 Å². The molecule has 27 heavy (non-hydrogen) atoms. The van der Waals surface area contributed by atoms with Crippen LogP contribution in [0.5, 0.6) is 0 Å². The molecule has 1 saturated carbocycles. The number of benzene rings is 1. The topological polar surface area (TPSA) is 85.4 Å². The molecule has 1 N–H and O–H groups in total. The van der Waals surface area contributed by atoms with E-state index in [1.54, 1.807) is 11.8 Å². The van der Waals surface area contributed by atoms with Crippen LogP contribution in [-0.2, 0) is 5.75 Å². The van der Waals surface area contributed by atoms with E-state index in [-0.39, 0.29) is 5.92 Å². The molecule has 0 aliphatic heterocycles. The van der Waals surface area contributed by atoms with Gasteiger partial charge in [0.2, 0.25) is 5.89 Å². The number of aromatic amines is 1. The Hall–Kier alpha value is -2.61. The Morgan fingerprint density at radius 1 is 1.26 bits per heavy atom. The van der Waals surface area contributed by atoms with E-state index in [0.717, 1.165) is 27.9 Å². The molecule has 4 aromatic rings. The van der Waals surface area contributed by atoms with Gasteiger partial charge in [-0.3, -0.25) is 4.57 Å². The van der Waals surface area contributed by atoms with Gasteiger partial charge >= 0.3 is 0 Å². The first-order valence-electron chi connectivity index (χ1n) is 9.17. The van der Waals surface area contributed by atoms with Crippen molar-refractivity contribution < 1.29 is 4.52 Å². The Labute approximate surface area is 160 Å². The summed E-state index contributed by atoms with van der Waals surface area (Å²) in [6.45, 7) is 4.11. The zero-order valence-corrected chi connectivity index (χ0v) is 16.0. The molecule has 0 unspecified atom stereocenters. The van der Waals surface area contributed by atoms with Gasteiger partial charge in [-0.2, -0.15) is 4.98 Å². The van der Waals surface area contributed by atoms with E-state index in [4.69, 9.17) is 4.52 Å². The van der Waals surface area contributed by atoms with Crippen LogP contribution in [0.2, 0.25) is 0 Å². The predicted molar refractivity (Wildman–Crippen MR) is 104 cm³/mol. The molecule has 0 saturated heterocycles. The smallest absolute Gasteiger partial charge is 0.237 e. The second kappa shape index (κ2) is 6.53. The molecule has 3 heterocycles. The average Bonchev–Trinajstić information content (AvgIpc) is 3.10. The number of nitrogens with one attached hydrogen (secondary N) is 1. The highest BCUT2D eigenvalue weighted by atomic mass is 32.2. The fraction of sp³-hybridized carbons (Fsp3) is 0.368. The van der Waals surface area contributed by atoms with Gasteiger partial charge in [0.1, 0.15) is 0 Å². The molecule has 3 aromatic heterocycles. The minimum Gasteiger partial charge on any atom is -0.360 e. The molecular formula is C19H20N6OS. The Kier molecular flexibility index (Phi) is 4.00. The second-order valence-corrected chi connectivity index (χ2v) is 8.09. The van der Waals surface area contributed by atoms with Crippen molar-refractivity contribution in [3.05, 3.63) is 42.2 Å². The molecule has 1 fully saturated rings. The lowest BCUT2D eigenvalue weighted by atomic mass is 10.1. The molecular weight excluding hydrogens is 360 g/mol. The third-order valence-electron chi connectivity index (χ3n) is 4.73. The first-order valence-corrected chi connectivity index (χ1v) is 10.2.